The van der Waals surface area contributed by atoms with Crippen LogP contribution in [-0.4, -0.2) is 64.4 Å². The number of aliphatic hydroxyl groups excluding tert-OH is 1. The molecule has 1 aromatic rings. The molecule has 0 bridgehead atoms. The van der Waals surface area contributed by atoms with Crippen LogP contribution in [0.1, 0.15) is 40.7 Å². The fourth-order valence-corrected chi connectivity index (χ4v) is 4.42. The van der Waals surface area contributed by atoms with Gasteiger partial charge in [-0.15, -0.1) is 0 Å². The van der Waals surface area contributed by atoms with Gasteiger partial charge in [0.15, 0.2) is 0 Å². The van der Waals surface area contributed by atoms with Gasteiger partial charge in [0.25, 0.3) is 5.91 Å². The highest BCUT2D eigenvalue weighted by molar-refractivity contribution is 6.05. The van der Waals surface area contributed by atoms with Gasteiger partial charge in [0.05, 0.1) is 0 Å². The predicted molar refractivity (Wildman–Crippen MR) is 101 cm³/mol. The van der Waals surface area contributed by atoms with E-state index in [9.17, 15) is 19.5 Å². The molecular weight excluding hydrogens is 360 g/mol. The third-order valence-corrected chi connectivity index (χ3v) is 6.11. The van der Waals surface area contributed by atoms with E-state index in [2.05, 4.69) is 10.2 Å². The van der Waals surface area contributed by atoms with E-state index in [1.54, 1.807) is 4.90 Å². The van der Waals surface area contributed by atoms with E-state index in [0.717, 1.165) is 30.6 Å². The van der Waals surface area contributed by atoms with Crippen molar-refractivity contribution in [1.82, 2.24) is 15.1 Å². The molecule has 4 N–H and O–H groups in total. The summed E-state index contributed by atoms with van der Waals surface area (Å²) in [7, 11) is 0. The lowest BCUT2D eigenvalue weighted by Gasteiger charge is -2.36. The minimum Gasteiger partial charge on any atom is -0.396 e. The molecule has 1 unspecified atom stereocenters. The SMILES string of the molecule is N[C@@H]1CCN(Cc2ccc3c(c2)C(=O)N(C2CCC(=O)NC2=O)C3)C[C@H]1CO. The van der Waals surface area contributed by atoms with Crippen LogP contribution in [-0.2, 0) is 22.7 Å². The topological polar surface area (TPSA) is 116 Å². The second-order valence-electron chi connectivity index (χ2n) is 8.02. The van der Waals surface area contributed by atoms with Gasteiger partial charge in [-0.25, -0.2) is 0 Å². The largest absolute Gasteiger partial charge is 0.396 e. The molecule has 2 fully saturated rings. The van der Waals surface area contributed by atoms with Crippen molar-refractivity contribution in [3.8, 4) is 0 Å². The number of hydrogen-bond donors (Lipinski definition) is 3. The lowest BCUT2D eigenvalue weighted by atomic mass is 9.93. The standard InChI is InChI=1S/C20H26N4O4/c21-16-5-6-23(9-14(16)11-25)8-12-1-2-13-10-24(20(28)15(13)7-12)17-3-4-18(26)22-19(17)27/h1-2,7,14,16-17,25H,3-6,8-11,21H2,(H,22,26,27)/t14-,16+,17?/m0/s1. The van der Waals surface area contributed by atoms with E-state index in [1.807, 2.05) is 18.2 Å². The van der Waals surface area contributed by atoms with Crippen molar-refractivity contribution < 1.29 is 19.5 Å². The van der Waals surface area contributed by atoms with Crippen LogP contribution in [0, 0.1) is 5.92 Å². The molecule has 1 aromatic carbocycles. The van der Waals surface area contributed by atoms with E-state index in [4.69, 9.17) is 5.73 Å². The van der Waals surface area contributed by atoms with Gasteiger partial charge in [0, 0.05) is 50.2 Å². The Morgan fingerprint density at radius 3 is 2.79 bits per heavy atom. The van der Waals surface area contributed by atoms with Gasteiger partial charge in [0.2, 0.25) is 11.8 Å². The molecule has 3 amide bonds. The zero-order chi connectivity index (χ0) is 19.8. The zero-order valence-corrected chi connectivity index (χ0v) is 15.8. The molecule has 0 aromatic heterocycles. The quantitative estimate of drug-likeness (QED) is 0.606. The first kappa shape index (κ1) is 19.0. The minimum absolute atomic E-state index is 0.0323. The highest BCUT2D eigenvalue weighted by Gasteiger charge is 2.39. The Balaban J connectivity index is 1.46. The van der Waals surface area contributed by atoms with E-state index in [-0.39, 0.29) is 36.8 Å². The molecule has 0 saturated carbocycles. The highest BCUT2D eigenvalue weighted by Crippen LogP contribution is 2.29. The smallest absolute Gasteiger partial charge is 0.255 e. The van der Waals surface area contributed by atoms with Crippen molar-refractivity contribution in [2.75, 3.05) is 19.7 Å². The van der Waals surface area contributed by atoms with Gasteiger partial charge >= 0.3 is 0 Å². The number of nitrogens with zero attached hydrogens (tertiary/aromatic N) is 2. The Bertz CT molecular complexity index is 811. The first-order valence-corrected chi connectivity index (χ1v) is 9.81. The summed E-state index contributed by atoms with van der Waals surface area (Å²) in [5, 5.41) is 11.8. The van der Waals surface area contributed by atoms with Crippen LogP contribution < -0.4 is 11.1 Å². The molecule has 0 aliphatic carbocycles. The molecule has 3 heterocycles. The molecule has 28 heavy (non-hydrogen) atoms. The van der Waals surface area contributed by atoms with Crippen LogP contribution in [0.5, 0.6) is 0 Å². The number of aliphatic hydroxyl groups is 1. The average molecular weight is 386 g/mol. The van der Waals surface area contributed by atoms with Crippen molar-refractivity contribution in [2.24, 2.45) is 11.7 Å². The summed E-state index contributed by atoms with van der Waals surface area (Å²) in [5.41, 5.74) is 8.63. The number of carbonyl (C=O) groups is 3. The fourth-order valence-electron chi connectivity index (χ4n) is 4.42. The molecule has 4 rings (SSSR count). The highest BCUT2D eigenvalue weighted by atomic mass is 16.3. The van der Waals surface area contributed by atoms with Crippen LogP contribution in [0.15, 0.2) is 18.2 Å². The summed E-state index contributed by atoms with van der Waals surface area (Å²) in [6.45, 7) is 2.78. The second-order valence-corrected chi connectivity index (χ2v) is 8.02. The van der Waals surface area contributed by atoms with Gasteiger partial charge < -0.3 is 15.7 Å². The maximum Gasteiger partial charge on any atom is 0.255 e. The van der Waals surface area contributed by atoms with Gasteiger partial charge in [-0.3, -0.25) is 24.6 Å². The predicted octanol–water partition coefficient (Wildman–Crippen LogP) is -0.411. The summed E-state index contributed by atoms with van der Waals surface area (Å²) in [4.78, 5) is 40.2. The number of likely N-dealkylation sites (tertiary alicyclic amines) is 1. The number of rotatable bonds is 4. The monoisotopic (exact) mass is 386 g/mol. The summed E-state index contributed by atoms with van der Waals surface area (Å²) >= 11 is 0. The van der Waals surface area contributed by atoms with Crippen LogP contribution in [0.25, 0.3) is 0 Å². The Morgan fingerprint density at radius 2 is 2.04 bits per heavy atom. The third kappa shape index (κ3) is 3.55. The molecule has 3 aliphatic heterocycles. The van der Waals surface area contributed by atoms with Gasteiger partial charge in [-0.2, -0.15) is 0 Å². The second kappa shape index (κ2) is 7.62. The number of piperidine rings is 2. The van der Waals surface area contributed by atoms with E-state index < -0.39 is 11.9 Å². The Morgan fingerprint density at radius 1 is 1.21 bits per heavy atom. The average Bonchev–Trinajstić information content (AvgIpc) is 2.99. The summed E-state index contributed by atoms with van der Waals surface area (Å²) in [6, 6.07) is 5.32. The first-order valence-electron chi connectivity index (χ1n) is 9.81. The van der Waals surface area contributed by atoms with Gasteiger partial charge in [0.1, 0.15) is 6.04 Å². The zero-order valence-electron chi connectivity index (χ0n) is 15.8. The number of nitrogens with one attached hydrogen (secondary N) is 1. The maximum atomic E-state index is 12.9. The normalized spacial score (nSPS) is 28.4. The first-order chi connectivity index (χ1) is 13.5. The molecule has 3 aliphatic rings. The molecule has 3 atom stereocenters. The number of amides is 3. The minimum atomic E-state index is -0.588. The number of fused-ring (bicyclic) bond motifs is 1. The number of benzene rings is 1. The Labute approximate surface area is 163 Å². The van der Waals surface area contributed by atoms with E-state index >= 15 is 0 Å². The van der Waals surface area contributed by atoms with Crippen molar-refractivity contribution in [3.05, 3.63) is 34.9 Å². The van der Waals surface area contributed by atoms with Crippen molar-refractivity contribution in [1.29, 1.82) is 0 Å². The fraction of sp³-hybridized carbons (Fsp3) is 0.550. The van der Waals surface area contributed by atoms with Crippen molar-refractivity contribution in [3.63, 3.8) is 0 Å². The summed E-state index contributed by atoms with van der Waals surface area (Å²) < 4.78 is 0. The summed E-state index contributed by atoms with van der Waals surface area (Å²) in [5.74, 6) is -0.750. The number of imide groups is 1. The number of hydrogen-bond acceptors (Lipinski definition) is 6. The Kier molecular flexibility index (Phi) is 5.18. The lowest BCUT2D eigenvalue weighted by Crippen LogP contribution is -2.52. The van der Waals surface area contributed by atoms with Crippen LogP contribution in [0.4, 0.5) is 0 Å². The summed E-state index contributed by atoms with van der Waals surface area (Å²) in [6.07, 6.45) is 1.47. The molecule has 2 saturated heterocycles. The lowest BCUT2D eigenvalue weighted by molar-refractivity contribution is -0.136. The number of carbonyl (C=O) groups excluding carboxylic acids is 3. The van der Waals surface area contributed by atoms with Crippen LogP contribution >= 0.6 is 0 Å². The molecular formula is C20H26N4O4. The van der Waals surface area contributed by atoms with Crippen LogP contribution in [0.3, 0.4) is 0 Å². The molecule has 8 nitrogen and oxygen atoms in total. The van der Waals surface area contributed by atoms with Crippen LogP contribution in [0.2, 0.25) is 0 Å². The molecule has 0 radical (unpaired) electrons. The maximum absolute atomic E-state index is 12.9. The Hall–Kier alpha value is -2.29. The third-order valence-electron chi connectivity index (χ3n) is 6.11. The van der Waals surface area contributed by atoms with E-state index in [0.29, 0.717) is 25.1 Å². The van der Waals surface area contributed by atoms with Gasteiger partial charge in [-0.05, 0) is 36.6 Å². The van der Waals surface area contributed by atoms with Crippen molar-refractivity contribution in [2.45, 2.75) is 44.4 Å². The van der Waals surface area contributed by atoms with Crippen molar-refractivity contribution >= 4 is 17.7 Å². The van der Waals surface area contributed by atoms with E-state index in [1.165, 1.54) is 0 Å². The molecule has 150 valence electrons. The molecule has 8 heteroatoms. The van der Waals surface area contributed by atoms with Gasteiger partial charge in [-0.1, -0.05) is 12.1 Å². The molecule has 0 spiro atoms. The number of nitrogens with two attached hydrogens (primary N) is 1.